The van der Waals surface area contributed by atoms with Gasteiger partial charge in [-0.2, -0.15) is 5.10 Å². The molecule has 1 heterocycles. The van der Waals surface area contributed by atoms with E-state index in [1.807, 2.05) is 29.9 Å². The van der Waals surface area contributed by atoms with Crippen LogP contribution in [0.3, 0.4) is 0 Å². The molecule has 1 N–H and O–H groups in total. The number of aromatic nitrogens is 2. The molecule has 0 aliphatic carbocycles. The van der Waals surface area contributed by atoms with E-state index in [1.54, 1.807) is 13.3 Å². The topological polar surface area (TPSA) is 39.1 Å². The molecule has 1 atom stereocenters. The molecule has 0 saturated carbocycles. The number of halogens is 2. The fraction of sp³-hybridized carbons (Fsp3) is 0.400. The van der Waals surface area contributed by atoms with Gasteiger partial charge < -0.3 is 10.1 Å². The van der Waals surface area contributed by atoms with Crippen LogP contribution in [0.5, 0.6) is 5.75 Å². The Morgan fingerprint density at radius 2 is 2.00 bits per heavy atom. The standard InChI is InChI=1S/C15H19Cl2N3O/c1-4-8-20-15(12(21-3)9-19-20)14(18-2)13-10(16)6-5-7-11(13)17/h5-7,9,14,18H,4,8H2,1-3H3. The van der Waals surface area contributed by atoms with Gasteiger partial charge >= 0.3 is 0 Å². The first-order valence-corrected chi connectivity index (χ1v) is 7.60. The zero-order valence-electron chi connectivity index (χ0n) is 12.4. The van der Waals surface area contributed by atoms with Crippen LogP contribution < -0.4 is 10.1 Å². The zero-order valence-corrected chi connectivity index (χ0v) is 13.9. The third kappa shape index (κ3) is 3.18. The number of nitrogens with one attached hydrogen (secondary N) is 1. The summed E-state index contributed by atoms with van der Waals surface area (Å²) in [6, 6.07) is 5.32. The molecule has 0 saturated heterocycles. The Hall–Kier alpha value is -1.23. The van der Waals surface area contributed by atoms with Crippen molar-refractivity contribution in [3.63, 3.8) is 0 Å². The van der Waals surface area contributed by atoms with E-state index in [2.05, 4.69) is 17.3 Å². The average Bonchev–Trinajstić information content (AvgIpc) is 2.86. The lowest BCUT2D eigenvalue weighted by Crippen LogP contribution is -2.23. The maximum Gasteiger partial charge on any atom is 0.161 e. The van der Waals surface area contributed by atoms with E-state index in [-0.39, 0.29) is 6.04 Å². The number of rotatable bonds is 6. The molecule has 1 aromatic heterocycles. The SMILES string of the molecule is CCCn1ncc(OC)c1C(NC)c1c(Cl)cccc1Cl. The molecule has 0 aliphatic rings. The Kier molecular flexibility index (Phi) is 5.51. The van der Waals surface area contributed by atoms with Gasteiger partial charge in [-0.1, -0.05) is 36.2 Å². The Morgan fingerprint density at radius 1 is 1.33 bits per heavy atom. The largest absolute Gasteiger partial charge is 0.493 e. The number of ether oxygens (including phenoxy) is 1. The first kappa shape index (κ1) is 16.1. The van der Waals surface area contributed by atoms with E-state index in [0.717, 1.165) is 30.0 Å². The molecule has 21 heavy (non-hydrogen) atoms. The highest BCUT2D eigenvalue weighted by atomic mass is 35.5. The van der Waals surface area contributed by atoms with Crippen LogP contribution in [0.2, 0.25) is 10.0 Å². The highest BCUT2D eigenvalue weighted by Gasteiger charge is 2.25. The van der Waals surface area contributed by atoms with E-state index in [9.17, 15) is 0 Å². The van der Waals surface area contributed by atoms with E-state index in [0.29, 0.717) is 10.0 Å². The number of hydrogen-bond donors (Lipinski definition) is 1. The Bertz CT molecular complexity index is 593. The summed E-state index contributed by atoms with van der Waals surface area (Å²) in [5.41, 5.74) is 1.76. The molecule has 0 aliphatic heterocycles. The predicted octanol–water partition coefficient (Wildman–Crippen LogP) is 3.92. The highest BCUT2D eigenvalue weighted by Crippen LogP contribution is 2.37. The van der Waals surface area contributed by atoms with E-state index >= 15 is 0 Å². The fourth-order valence-electron chi connectivity index (χ4n) is 2.42. The van der Waals surface area contributed by atoms with Gasteiger partial charge in [0.2, 0.25) is 0 Å². The second kappa shape index (κ2) is 7.16. The number of hydrogen-bond acceptors (Lipinski definition) is 3. The molecule has 4 nitrogen and oxygen atoms in total. The van der Waals surface area contributed by atoms with Gasteiger partial charge in [-0.15, -0.1) is 0 Å². The van der Waals surface area contributed by atoms with Crippen LogP contribution in [0.4, 0.5) is 0 Å². The summed E-state index contributed by atoms with van der Waals surface area (Å²) in [6.07, 6.45) is 2.70. The van der Waals surface area contributed by atoms with Crippen LogP contribution in [0, 0.1) is 0 Å². The lowest BCUT2D eigenvalue weighted by molar-refractivity contribution is 0.400. The van der Waals surface area contributed by atoms with Crippen LogP contribution in [-0.4, -0.2) is 23.9 Å². The summed E-state index contributed by atoms with van der Waals surface area (Å²) >= 11 is 12.7. The summed E-state index contributed by atoms with van der Waals surface area (Å²) in [6.45, 7) is 2.91. The Morgan fingerprint density at radius 3 is 2.52 bits per heavy atom. The summed E-state index contributed by atoms with van der Waals surface area (Å²) in [5.74, 6) is 0.721. The molecule has 0 radical (unpaired) electrons. The van der Waals surface area contributed by atoms with Gasteiger partial charge in [0.05, 0.1) is 19.3 Å². The third-order valence-corrected chi connectivity index (χ3v) is 4.01. The minimum Gasteiger partial charge on any atom is -0.493 e. The summed E-state index contributed by atoms with van der Waals surface area (Å²) in [4.78, 5) is 0. The monoisotopic (exact) mass is 327 g/mol. The Labute approximate surface area is 135 Å². The Balaban J connectivity index is 2.58. The van der Waals surface area contributed by atoms with Gasteiger partial charge in [0.15, 0.2) is 5.75 Å². The van der Waals surface area contributed by atoms with Gasteiger partial charge in [0.25, 0.3) is 0 Å². The molecular formula is C15H19Cl2N3O. The van der Waals surface area contributed by atoms with Crippen LogP contribution in [-0.2, 0) is 6.54 Å². The molecule has 0 spiro atoms. The molecule has 2 aromatic rings. The number of aryl methyl sites for hydroxylation is 1. The van der Waals surface area contributed by atoms with Crippen molar-refractivity contribution in [2.24, 2.45) is 0 Å². The average molecular weight is 328 g/mol. The van der Waals surface area contributed by atoms with Gasteiger partial charge in [0.1, 0.15) is 5.69 Å². The lowest BCUT2D eigenvalue weighted by Gasteiger charge is -2.21. The number of methoxy groups -OCH3 is 1. The third-order valence-electron chi connectivity index (χ3n) is 3.35. The molecule has 2 rings (SSSR count). The van der Waals surface area contributed by atoms with Crippen molar-refractivity contribution in [3.05, 3.63) is 45.7 Å². The first-order chi connectivity index (χ1) is 10.1. The van der Waals surface area contributed by atoms with Gasteiger partial charge in [-0.3, -0.25) is 4.68 Å². The summed E-state index contributed by atoms with van der Waals surface area (Å²) < 4.78 is 7.38. The predicted molar refractivity (Wildman–Crippen MR) is 86.4 cm³/mol. The van der Waals surface area contributed by atoms with Crippen LogP contribution in [0.25, 0.3) is 0 Å². The van der Waals surface area contributed by atoms with Crippen LogP contribution >= 0.6 is 23.2 Å². The number of benzene rings is 1. The van der Waals surface area contributed by atoms with Crippen molar-refractivity contribution in [1.29, 1.82) is 0 Å². The summed E-state index contributed by atoms with van der Waals surface area (Å²) in [5, 5.41) is 8.90. The summed E-state index contributed by atoms with van der Waals surface area (Å²) in [7, 11) is 3.50. The molecule has 6 heteroatoms. The van der Waals surface area contributed by atoms with E-state index in [4.69, 9.17) is 27.9 Å². The van der Waals surface area contributed by atoms with Gasteiger partial charge in [-0.25, -0.2) is 0 Å². The second-order valence-corrected chi connectivity index (χ2v) is 5.49. The van der Waals surface area contributed by atoms with Crippen LogP contribution in [0.1, 0.15) is 30.6 Å². The van der Waals surface area contributed by atoms with Gasteiger partial charge in [-0.05, 0) is 25.6 Å². The van der Waals surface area contributed by atoms with Crippen molar-refractivity contribution in [2.75, 3.05) is 14.2 Å². The quantitative estimate of drug-likeness (QED) is 0.874. The maximum atomic E-state index is 6.35. The minimum absolute atomic E-state index is 0.185. The molecule has 114 valence electrons. The van der Waals surface area contributed by atoms with E-state index in [1.165, 1.54) is 0 Å². The van der Waals surface area contributed by atoms with Crippen molar-refractivity contribution >= 4 is 23.2 Å². The van der Waals surface area contributed by atoms with Crippen LogP contribution in [0.15, 0.2) is 24.4 Å². The highest BCUT2D eigenvalue weighted by molar-refractivity contribution is 6.36. The van der Waals surface area contributed by atoms with Crippen molar-refractivity contribution < 1.29 is 4.74 Å². The minimum atomic E-state index is -0.185. The molecular weight excluding hydrogens is 309 g/mol. The molecule has 1 aromatic carbocycles. The first-order valence-electron chi connectivity index (χ1n) is 6.84. The second-order valence-electron chi connectivity index (χ2n) is 4.68. The molecule has 0 fully saturated rings. The van der Waals surface area contributed by atoms with Gasteiger partial charge in [0, 0.05) is 22.2 Å². The zero-order chi connectivity index (χ0) is 15.4. The van der Waals surface area contributed by atoms with Crippen molar-refractivity contribution in [2.45, 2.75) is 25.9 Å². The molecule has 1 unspecified atom stereocenters. The van der Waals surface area contributed by atoms with Crippen molar-refractivity contribution in [1.82, 2.24) is 15.1 Å². The lowest BCUT2D eigenvalue weighted by atomic mass is 10.0. The van der Waals surface area contributed by atoms with Crippen molar-refractivity contribution in [3.8, 4) is 5.75 Å². The van der Waals surface area contributed by atoms with E-state index < -0.39 is 0 Å². The number of nitrogens with zero attached hydrogens (tertiary/aromatic N) is 2. The fourth-order valence-corrected chi connectivity index (χ4v) is 3.04. The molecule has 0 amide bonds. The maximum absolute atomic E-state index is 6.35. The molecule has 0 bridgehead atoms. The smallest absolute Gasteiger partial charge is 0.161 e. The normalized spacial score (nSPS) is 12.4.